The molecule has 1 rings (SSSR count). The van der Waals surface area contributed by atoms with Crippen LogP contribution in [0.5, 0.6) is 0 Å². The van der Waals surface area contributed by atoms with Crippen LogP contribution < -0.4 is 5.32 Å². The van der Waals surface area contributed by atoms with Crippen LogP contribution in [-0.4, -0.2) is 37.7 Å². The highest BCUT2D eigenvalue weighted by Gasteiger charge is 2.21. The Labute approximate surface area is 130 Å². The van der Waals surface area contributed by atoms with E-state index in [9.17, 15) is 18.0 Å². The minimum atomic E-state index is -3.45. The molecule has 1 aromatic carbocycles. The van der Waals surface area contributed by atoms with Crippen LogP contribution in [0.25, 0.3) is 0 Å². The normalized spacial score (nSPS) is 12.7. The second-order valence-electron chi connectivity index (χ2n) is 5.10. The molecule has 1 unspecified atom stereocenters. The molecule has 1 amide bonds. The van der Waals surface area contributed by atoms with Gasteiger partial charge in [0, 0.05) is 11.8 Å². The van der Waals surface area contributed by atoms with Crippen LogP contribution >= 0.6 is 0 Å². The largest absolute Gasteiger partial charge is 0.480 e. The summed E-state index contributed by atoms with van der Waals surface area (Å²) >= 11 is 0. The summed E-state index contributed by atoms with van der Waals surface area (Å²) in [6, 6.07) is 3.41. The SMILES string of the molecule is CCCC(NC(=O)c1ccc(CC)c(S(C)(=O)=O)c1)C(=O)O. The zero-order valence-electron chi connectivity index (χ0n) is 12.9. The van der Waals surface area contributed by atoms with E-state index in [-0.39, 0.29) is 10.5 Å². The molecule has 2 N–H and O–H groups in total. The monoisotopic (exact) mass is 327 g/mol. The van der Waals surface area contributed by atoms with Crippen molar-refractivity contribution >= 4 is 21.7 Å². The van der Waals surface area contributed by atoms with Gasteiger partial charge in [0.15, 0.2) is 9.84 Å². The number of aliphatic carboxylic acids is 1. The summed E-state index contributed by atoms with van der Waals surface area (Å²) in [5, 5.41) is 11.5. The van der Waals surface area contributed by atoms with Gasteiger partial charge in [0.2, 0.25) is 0 Å². The first-order valence-corrected chi connectivity index (χ1v) is 8.96. The standard InChI is InChI=1S/C15H21NO5S/c1-4-6-12(15(18)19)16-14(17)11-8-7-10(5-2)13(9-11)22(3,20)21/h7-9,12H,4-6H2,1-3H3,(H,16,17)(H,18,19). The first kappa shape index (κ1) is 18.2. The minimum absolute atomic E-state index is 0.102. The average molecular weight is 327 g/mol. The highest BCUT2D eigenvalue weighted by molar-refractivity contribution is 7.90. The number of aryl methyl sites for hydroxylation is 1. The molecule has 0 fully saturated rings. The zero-order valence-corrected chi connectivity index (χ0v) is 13.7. The van der Waals surface area contributed by atoms with E-state index in [1.165, 1.54) is 12.1 Å². The van der Waals surface area contributed by atoms with E-state index >= 15 is 0 Å². The molecule has 1 atom stereocenters. The van der Waals surface area contributed by atoms with E-state index < -0.39 is 27.8 Å². The molecule has 7 heteroatoms. The predicted octanol–water partition coefficient (Wildman–Crippen LogP) is 1.64. The lowest BCUT2D eigenvalue weighted by Gasteiger charge is -2.14. The van der Waals surface area contributed by atoms with Crippen LogP contribution in [0.4, 0.5) is 0 Å². The molecule has 0 spiro atoms. The van der Waals surface area contributed by atoms with Crippen molar-refractivity contribution in [2.45, 2.75) is 44.0 Å². The van der Waals surface area contributed by atoms with Gasteiger partial charge in [-0.2, -0.15) is 0 Å². The van der Waals surface area contributed by atoms with Crippen molar-refractivity contribution in [3.05, 3.63) is 29.3 Å². The molecule has 0 radical (unpaired) electrons. The van der Waals surface area contributed by atoms with E-state index in [0.29, 0.717) is 24.8 Å². The first-order chi connectivity index (χ1) is 10.2. The molecule has 0 aliphatic carbocycles. The van der Waals surface area contributed by atoms with E-state index in [2.05, 4.69) is 5.32 Å². The summed E-state index contributed by atoms with van der Waals surface area (Å²) in [5.74, 6) is -1.70. The number of amides is 1. The number of benzene rings is 1. The Bertz CT molecular complexity index is 667. The summed E-state index contributed by atoms with van der Waals surface area (Å²) in [5.41, 5.74) is 0.766. The smallest absolute Gasteiger partial charge is 0.326 e. The number of rotatable bonds is 7. The molecule has 1 aromatic rings. The molecule has 0 aliphatic rings. The summed E-state index contributed by atoms with van der Waals surface area (Å²) in [6.07, 6.45) is 2.53. The Hall–Kier alpha value is -1.89. The van der Waals surface area contributed by atoms with Crippen molar-refractivity contribution in [1.82, 2.24) is 5.32 Å². The van der Waals surface area contributed by atoms with Crippen molar-refractivity contribution in [2.24, 2.45) is 0 Å². The van der Waals surface area contributed by atoms with Crippen molar-refractivity contribution in [3.8, 4) is 0 Å². The van der Waals surface area contributed by atoms with E-state index in [0.717, 1.165) is 6.26 Å². The Morgan fingerprint density at radius 2 is 1.91 bits per heavy atom. The van der Waals surface area contributed by atoms with Crippen LogP contribution in [0.15, 0.2) is 23.1 Å². The first-order valence-electron chi connectivity index (χ1n) is 7.07. The number of hydrogen-bond acceptors (Lipinski definition) is 4. The molecular weight excluding hydrogens is 306 g/mol. The molecule has 0 saturated heterocycles. The van der Waals surface area contributed by atoms with E-state index in [1.54, 1.807) is 6.07 Å². The number of hydrogen-bond donors (Lipinski definition) is 2. The third kappa shape index (κ3) is 4.56. The van der Waals surface area contributed by atoms with Crippen molar-refractivity contribution in [3.63, 3.8) is 0 Å². The van der Waals surface area contributed by atoms with E-state index in [1.807, 2.05) is 13.8 Å². The zero-order chi connectivity index (χ0) is 16.9. The molecule has 6 nitrogen and oxygen atoms in total. The number of carboxylic acids is 1. The van der Waals surface area contributed by atoms with Crippen LogP contribution in [-0.2, 0) is 21.1 Å². The van der Waals surface area contributed by atoms with Crippen LogP contribution in [0, 0.1) is 0 Å². The molecular formula is C15H21NO5S. The van der Waals surface area contributed by atoms with Crippen molar-refractivity contribution in [1.29, 1.82) is 0 Å². The molecule has 0 aliphatic heterocycles. The van der Waals surface area contributed by atoms with Gasteiger partial charge in [-0.3, -0.25) is 4.79 Å². The summed E-state index contributed by atoms with van der Waals surface area (Å²) < 4.78 is 23.6. The van der Waals surface area contributed by atoms with Gasteiger partial charge >= 0.3 is 5.97 Å². The van der Waals surface area contributed by atoms with Gasteiger partial charge < -0.3 is 10.4 Å². The van der Waals surface area contributed by atoms with E-state index in [4.69, 9.17) is 5.11 Å². The summed E-state index contributed by atoms with van der Waals surface area (Å²) in [7, 11) is -3.45. The maximum Gasteiger partial charge on any atom is 0.326 e. The summed E-state index contributed by atoms with van der Waals surface area (Å²) in [6.45, 7) is 3.64. The number of carbonyl (C=O) groups is 2. The topological polar surface area (TPSA) is 101 Å². The quantitative estimate of drug-likeness (QED) is 0.793. The van der Waals surface area contributed by atoms with Gasteiger partial charge in [-0.25, -0.2) is 13.2 Å². The fraction of sp³-hybridized carbons (Fsp3) is 0.467. The molecule has 0 heterocycles. The number of carboxylic acid groups (broad SMARTS) is 1. The third-order valence-electron chi connectivity index (χ3n) is 3.29. The number of nitrogens with one attached hydrogen (secondary N) is 1. The highest BCUT2D eigenvalue weighted by Crippen LogP contribution is 2.18. The van der Waals surface area contributed by atoms with Crippen LogP contribution in [0.2, 0.25) is 0 Å². The Kier molecular flexibility index (Phi) is 6.11. The maximum atomic E-state index is 12.1. The Morgan fingerprint density at radius 1 is 1.27 bits per heavy atom. The van der Waals surface area contributed by atoms with Crippen molar-refractivity contribution in [2.75, 3.05) is 6.26 Å². The van der Waals surface area contributed by atoms with Crippen LogP contribution in [0.3, 0.4) is 0 Å². The lowest BCUT2D eigenvalue weighted by atomic mass is 10.1. The van der Waals surface area contributed by atoms with Gasteiger partial charge in [0.1, 0.15) is 6.04 Å². The highest BCUT2D eigenvalue weighted by atomic mass is 32.2. The molecule has 0 aromatic heterocycles. The fourth-order valence-electron chi connectivity index (χ4n) is 2.12. The average Bonchev–Trinajstić information content (AvgIpc) is 2.44. The van der Waals surface area contributed by atoms with Gasteiger partial charge in [0.25, 0.3) is 5.91 Å². The number of sulfone groups is 1. The third-order valence-corrected chi connectivity index (χ3v) is 4.47. The molecule has 22 heavy (non-hydrogen) atoms. The van der Waals surface area contributed by atoms with Gasteiger partial charge in [0.05, 0.1) is 4.90 Å². The number of carbonyl (C=O) groups excluding carboxylic acids is 1. The molecule has 122 valence electrons. The lowest BCUT2D eigenvalue weighted by molar-refractivity contribution is -0.139. The van der Waals surface area contributed by atoms with Gasteiger partial charge in [-0.15, -0.1) is 0 Å². The minimum Gasteiger partial charge on any atom is -0.480 e. The maximum absolute atomic E-state index is 12.1. The Balaban J connectivity index is 3.12. The van der Waals surface area contributed by atoms with Gasteiger partial charge in [-0.1, -0.05) is 26.3 Å². The van der Waals surface area contributed by atoms with Crippen LogP contribution in [0.1, 0.15) is 42.6 Å². The second-order valence-corrected chi connectivity index (χ2v) is 7.09. The summed E-state index contributed by atoms with van der Waals surface area (Å²) in [4.78, 5) is 23.3. The second kappa shape index (κ2) is 7.40. The molecule has 0 bridgehead atoms. The Morgan fingerprint density at radius 3 is 2.36 bits per heavy atom. The fourth-order valence-corrected chi connectivity index (χ4v) is 3.15. The lowest BCUT2D eigenvalue weighted by Crippen LogP contribution is -2.40. The van der Waals surface area contributed by atoms with Gasteiger partial charge in [-0.05, 0) is 30.5 Å². The predicted molar refractivity (Wildman–Crippen MR) is 82.7 cm³/mol. The molecule has 0 saturated carbocycles. The van der Waals surface area contributed by atoms with Crippen molar-refractivity contribution < 1.29 is 23.1 Å².